The normalized spacial score (nSPS) is 22.0. The molecule has 4 rings (SSSR count). The number of aromatic nitrogens is 2. The van der Waals surface area contributed by atoms with E-state index in [9.17, 15) is 9.59 Å². The van der Waals surface area contributed by atoms with Crippen molar-refractivity contribution in [1.29, 1.82) is 0 Å². The monoisotopic (exact) mass is 482 g/mol. The fourth-order valence-corrected chi connectivity index (χ4v) is 4.53. The molecule has 0 aliphatic carbocycles. The van der Waals surface area contributed by atoms with Crippen LogP contribution < -0.4 is 11.2 Å². The van der Waals surface area contributed by atoms with Crippen LogP contribution in [-0.4, -0.2) is 57.8 Å². The Balaban J connectivity index is 1.49. The number of likely N-dealkylation sites (tertiary alicyclic amines) is 1. The van der Waals surface area contributed by atoms with E-state index in [1.807, 2.05) is 65.8 Å². The summed E-state index contributed by atoms with van der Waals surface area (Å²) in [5, 5.41) is 0. The summed E-state index contributed by atoms with van der Waals surface area (Å²) >= 11 is 0. The second kappa shape index (κ2) is 9.31. The van der Waals surface area contributed by atoms with Gasteiger partial charge in [0.05, 0.1) is 29.1 Å². The summed E-state index contributed by atoms with van der Waals surface area (Å²) in [7, 11) is -0.416. The summed E-state index contributed by atoms with van der Waals surface area (Å²) in [6.07, 6.45) is 1.54. The number of benzene rings is 1. The Hall–Kier alpha value is -2.85. The number of hydrogen-bond acceptors (Lipinski definition) is 6. The molecule has 0 radical (unpaired) electrons. The first-order chi connectivity index (χ1) is 16.4. The molecule has 9 nitrogen and oxygen atoms in total. The van der Waals surface area contributed by atoms with E-state index in [2.05, 4.69) is 9.97 Å². The van der Waals surface area contributed by atoms with Gasteiger partial charge in [-0.2, -0.15) is 0 Å². The minimum atomic E-state index is -0.947. The molecule has 35 heavy (non-hydrogen) atoms. The molecule has 2 atom stereocenters. The highest BCUT2D eigenvalue weighted by atomic mass is 16.7. The molecule has 3 N–H and O–H groups in total. The molecular formula is C25H35BN4O5. The zero-order valence-corrected chi connectivity index (χ0v) is 21.3. The fraction of sp³-hybridized carbons (Fsp3) is 0.560. The van der Waals surface area contributed by atoms with Gasteiger partial charge < -0.3 is 29.7 Å². The van der Waals surface area contributed by atoms with Crippen molar-refractivity contribution in [1.82, 2.24) is 14.9 Å². The molecule has 1 aromatic carbocycles. The molecule has 0 spiro atoms. The zero-order chi connectivity index (χ0) is 25.5. The average Bonchev–Trinajstić information content (AvgIpc) is 3.49. The van der Waals surface area contributed by atoms with Gasteiger partial charge in [-0.15, -0.1) is 0 Å². The lowest BCUT2D eigenvalue weighted by molar-refractivity contribution is -0.143. The highest BCUT2D eigenvalue weighted by molar-refractivity contribution is 6.62. The van der Waals surface area contributed by atoms with E-state index in [0.29, 0.717) is 12.4 Å². The molecular weight excluding hydrogens is 447 g/mol. The Bertz CT molecular complexity index is 1070. The zero-order valence-electron chi connectivity index (χ0n) is 21.3. The van der Waals surface area contributed by atoms with Gasteiger partial charge in [0, 0.05) is 6.54 Å². The maximum Gasteiger partial charge on any atom is 0.494 e. The first kappa shape index (κ1) is 25.3. The molecule has 0 saturated carbocycles. The van der Waals surface area contributed by atoms with Crippen molar-refractivity contribution in [2.24, 2.45) is 11.7 Å². The van der Waals surface area contributed by atoms with Gasteiger partial charge in [-0.05, 0) is 57.5 Å². The fourth-order valence-electron chi connectivity index (χ4n) is 4.53. The van der Waals surface area contributed by atoms with Crippen molar-refractivity contribution in [2.75, 3.05) is 6.54 Å². The number of amides is 2. The standard InChI is InChI=1S/C25H35BN4O5/c1-15(2)20(33-23(27)32)22(31)30-13-7-8-19(30)21-28-14-18(29-21)16-9-11-17(12-10-16)26-34-24(3,4)25(5,6)35-26/h9-12,14-15,19-20H,7-8,13H2,1-6H3,(H2,27,32)(H,28,29). The lowest BCUT2D eigenvalue weighted by Crippen LogP contribution is -2.44. The van der Waals surface area contributed by atoms with E-state index >= 15 is 0 Å². The van der Waals surface area contributed by atoms with E-state index in [4.69, 9.17) is 19.8 Å². The van der Waals surface area contributed by atoms with Gasteiger partial charge in [0.2, 0.25) is 0 Å². The number of nitrogens with one attached hydrogen (secondary N) is 1. The number of hydrogen-bond donors (Lipinski definition) is 2. The molecule has 2 aromatic rings. The van der Waals surface area contributed by atoms with Gasteiger partial charge in [-0.1, -0.05) is 38.1 Å². The number of primary amides is 1. The maximum atomic E-state index is 13.2. The number of nitrogens with zero attached hydrogens (tertiary/aromatic N) is 2. The van der Waals surface area contributed by atoms with Gasteiger partial charge >= 0.3 is 13.2 Å². The largest absolute Gasteiger partial charge is 0.494 e. The van der Waals surface area contributed by atoms with E-state index in [1.54, 1.807) is 11.1 Å². The Morgan fingerprint density at radius 3 is 2.37 bits per heavy atom. The second-order valence-corrected chi connectivity index (χ2v) is 10.7. The molecule has 1 aromatic heterocycles. The molecule has 0 bridgehead atoms. The number of ether oxygens (including phenoxy) is 1. The van der Waals surface area contributed by atoms with Crippen LogP contribution in [0.15, 0.2) is 30.5 Å². The summed E-state index contributed by atoms with van der Waals surface area (Å²) in [6, 6.07) is 7.79. The van der Waals surface area contributed by atoms with Crippen LogP contribution >= 0.6 is 0 Å². The minimum absolute atomic E-state index is 0.189. The Morgan fingerprint density at radius 1 is 1.17 bits per heavy atom. The Labute approximate surface area is 206 Å². The first-order valence-corrected chi connectivity index (χ1v) is 12.2. The summed E-state index contributed by atoms with van der Waals surface area (Å²) in [6.45, 7) is 12.4. The highest BCUT2D eigenvalue weighted by Gasteiger charge is 2.51. The first-order valence-electron chi connectivity index (χ1n) is 12.2. The van der Waals surface area contributed by atoms with Crippen molar-refractivity contribution in [2.45, 2.75) is 77.7 Å². The van der Waals surface area contributed by atoms with Crippen molar-refractivity contribution in [3.05, 3.63) is 36.3 Å². The van der Waals surface area contributed by atoms with E-state index in [1.165, 1.54) is 0 Å². The quantitative estimate of drug-likeness (QED) is 0.611. The number of nitrogens with two attached hydrogens (primary N) is 1. The molecule has 188 valence electrons. The third-order valence-corrected chi connectivity index (χ3v) is 7.29. The van der Waals surface area contributed by atoms with Crippen molar-refractivity contribution < 1.29 is 23.6 Å². The molecule has 10 heteroatoms. The Morgan fingerprint density at radius 2 is 1.80 bits per heavy atom. The van der Waals surface area contributed by atoms with Crippen LogP contribution in [0, 0.1) is 5.92 Å². The molecule has 2 fully saturated rings. The van der Waals surface area contributed by atoms with E-state index in [0.717, 1.165) is 29.6 Å². The van der Waals surface area contributed by atoms with Gasteiger partial charge in [0.1, 0.15) is 5.82 Å². The van der Waals surface area contributed by atoms with Gasteiger partial charge in [-0.25, -0.2) is 9.78 Å². The van der Waals surface area contributed by atoms with Crippen LogP contribution in [0.5, 0.6) is 0 Å². The van der Waals surface area contributed by atoms with E-state index < -0.39 is 30.5 Å². The topological polar surface area (TPSA) is 120 Å². The number of rotatable bonds is 6. The number of carbonyl (C=O) groups excluding carboxylic acids is 2. The molecule has 2 aliphatic rings. The second-order valence-electron chi connectivity index (χ2n) is 10.7. The van der Waals surface area contributed by atoms with Crippen LogP contribution in [0.2, 0.25) is 0 Å². The van der Waals surface area contributed by atoms with Crippen molar-refractivity contribution in [3.8, 4) is 11.3 Å². The highest BCUT2D eigenvalue weighted by Crippen LogP contribution is 2.37. The van der Waals surface area contributed by atoms with Crippen LogP contribution in [0.4, 0.5) is 4.79 Å². The number of carbonyl (C=O) groups is 2. The van der Waals surface area contributed by atoms with Crippen LogP contribution in [0.3, 0.4) is 0 Å². The van der Waals surface area contributed by atoms with Gasteiger partial charge in [0.15, 0.2) is 6.10 Å². The predicted molar refractivity (Wildman–Crippen MR) is 133 cm³/mol. The molecule has 3 heterocycles. The third-order valence-electron chi connectivity index (χ3n) is 7.29. The van der Waals surface area contributed by atoms with Crippen LogP contribution in [-0.2, 0) is 18.8 Å². The summed E-state index contributed by atoms with van der Waals surface area (Å²) in [5.41, 5.74) is 7.18. The maximum absolute atomic E-state index is 13.2. The molecule has 2 amide bonds. The summed E-state index contributed by atoms with van der Waals surface area (Å²) < 4.78 is 17.4. The Kier molecular flexibility index (Phi) is 6.72. The number of H-pyrrole nitrogens is 1. The summed E-state index contributed by atoms with van der Waals surface area (Å²) in [4.78, 5) is 34.2. The van der Waals surface area contributed by atoms with Gasteiger partial charge in [-0.3, -0.25) is 4.79 Å². The number of imidazole rings is 1. The van der Waals surface area contributed by atoms with Crippen molar-refractivity contribution in [3.63, 3.8) is 0 Å². The predicted octanol–water partition coefficient (Wildman–Crippen LogP) is 3.16. The summed E-state index contributed by atoms with van der Waals surface area (Å²) in [5.74, 6) is 0.277. The minimum Gasteiger partial charge on any atom is -0.436 e. The lowest BCUT2D eigenvalue weighted by atomic mass is 9.79. The number of aromatic amines is 1. The smallest absolute Gasteiger partial charge is 0.436 e. The van der Waals surface area contributed by atoms with Crippen LogP contribution in [0.25, 0.3) is 11.3 Å². The van der Waals surface area contributed by atoms with Crippen LogP contribution in [0.1, 0.15) is 66.3 Å². The molecule has 2 unspecified atom stereocenters. The molecule has 2 saturated heterocycles. The average molecular weight is 482 g/mol. The van der Waals surface area contributed by atoms with E-state index in [-0.39, 0.29) is 17.9 Å². The third kappa shape index (κ3) is 4.95. The SMILES string of the molecule is CC(C)C(OC(N)=O)C(=O)N1CCCC1c1ncc(-c2ccc(B3OC(C)(C)C(C)(C)O3)cc2)[nH]1. The molecule has 2 aliphatic heterocycles. The van der Waals surface area contributed by atoms with Gasteiger partial charge in [0.25, 0.3) is 5.91 Å². The lowest BCUT2D eigenvalue weighted by Gasteiger charge is -2.32. The van der Waals surface area contributed by atoms with Crippen molar-refractivity contribution >= 4 is 24.6 Å².